The van der Waals surface area contributed by atoms with Crippen molar-refractivity contribution in [3.8, 4) is 11.1 Å². The van der Waals surface area contributed by atoms with Crippen LogP contribution < -0.4 is 0 Å². The van der Waals surface area contributed by atoms with Gasteiger partial charge in [0.05, 0.1) is 10.5 Å². The van der Waals surface area contributed by atoms with Gasteiger partial charge in [-0.15, -0.1) is 0 Å². The maximum absolute atomic E-state index is 12.3. The van der Waals surface area contributed by atoms with Gasteiger partial charge >= 0.3 is 0 Å². The minimum Gasteiger partial charge on any atom is -0.361 e. The molecule has 1 N–H and O–H groups in total. The zero-order valence-corrected chi connectivity index (χ0v) is 15.5. The van der Waals surface area contributed by atoms with Crippen LogP contribution in [0.3, 0.4) is 0 Å². The van der Waals surface area contributed by atoms with Crippen LogP contribution >= 0.6 is 11.3 Å². The predicted molar refractivity (Wildman–Crippen MR) is 101 cm³/mol. The van der Waals surface area contributed by atoms with Crippen LogP contribution in [0.2, 0.25) is 0 Å². The number of aromatic nitrogens is 1. The highest BCUT2D eigenvalue weighted by Gasteiger charge is 2.38. The molecule has 5 heteroatoms. The molecule has 126 valence electrons. The van der Waals surface area contributed by atoms with Crippen LogP contribution in [0.25, 0.3) is 22.0 Å². The highest BCUT2D eigenvalue weighted by atomic mass is 32.2. The Bertz CT molecular complexity index is 952. The molecule has 3 heterocycles. The number of H-pyrrole nitrogens is 1. The normalized spacial score (nSPS) is 26.7. The number of hydrogen-bond acceptors (Lipinski definition) is 3. The maximum atomic E-state index is 12.3. The van der Waals surface area contributed by atoms with E-state index in [2.05, 4.69) is 46.2 Å². The number of fused-ring (bicyclic) bond motifs is 1. The molecule has 1 aliphatic rings. The van der Waals surface area contributed by atoms with Gasteiger partial charge in [0.1, 0.15) is 0 Å². The number of rotatable bonds is 2. The Kier molecular flexibility index (Phi) is 3.81. The summed E-state index contributed by atoms with van der Waals surface area (Å²) in [5.41, 5.74) is 4.84. The first-order valence-electron chi connectivity index (χ1n) is 8.33. The van der Waals surface area contributed by atoms with Crippen molar-refractivity contribution in [3.05, 3.63) is 46.8 Å². The van der Waals surface area contributed by atoms with Gasteiger partial charge in [-0.25, -0.2) is 8.42 Å². The van der Waals surface area contributed by atoms with E-state index in [0.717, 1.165) is 5.52 Å². The standard InChI is InChI=1S/C19H21NO2S2/c1-12-7-16(8-13(2)24(12,21)22)18-10-20-19-4-3-14(9-17(18)19)15-5-6-23-11-15/h3-6,9-13,16,20H,7-8H2,1-2H3. The number of thiophene rings is 1. The molecule has 1 aliphatic heterocycles. The molecule has 0 aliphatic carbocycles. The van der Waals surface area contributed by atoms with Crippen molar-refractivity contribution in [2.75, 3.05) is 0 Å². The van der Waals surface area contributed by atoms with Crippen LogP contribution in [0, 0.1) is 0 Å². The average molecular weight is 360 g/mol. The van der Waals surface area contributed by atoms with Crippen molar-refractivity contribution in [3.63, 3.8) is 0 Å². The van der Waals surface area contributed by atoms with Crippen LogP contribution in [-0.2, 0) is 9.84 Å². The van der Waals surface area contributed by atoms with Crippen LogP contribution in [0.4, 0.5) is 0 Å². The van der Waals surface area contributed by atoms with Gasteiger partial charge in [0.25, 0.3) is 0 Å². The molecule has 0 spiro atoms. The fourth-order valence-electron chi connectivity index (χ4n) is 3.90. The fraction of sp³-hybridized carbons (Fsp3) is 0.368. The lowest BCUT2D eigenvalue weighted by molar-refractivity contribution is 0.485. The van der Waals surface area contributed by atoms with Gasteiger partial charge in [0.15, 0.2) is 9.84 Å². The molecular weight excluding hydrogens is 338 g/mol. The highest BCUT2D eigenvalue weighted by Crippen LogP contribution is 2.40. The van der Waals surface area contributed by atoms with Crippen LogP contribution in [0.5, 0.6) is 0 Å². The lowest BCUT2D eigenvalue weighted by Crippen LogP contribution is -2.36. The van der Waals surface area contributed by atoms with Crippen molar-refractivity contribution in [1.29, 1.82) is 0 Å². The summed E-state index contributed by atoms with van der Waals surface area (Å²) >= 11 is 1.70. The molecule has 0 saturated carbocycles. The van der Waals surface area contributed by atoms with Gasteiger partial charge in [-0.3, -0.25) is 0 Å². The molecular formula is C19H21NO2S2. The zero-order valence-electron chi connectivity index (χ0n) is 13.8. The topological polar surface area (TPSA) is 49.9 Å². The van der Waals surface area contributed by atoms with E-state index in [1.54, 1.807) is 11.3 Å². The minimum atomic E-state index is -2.97. The third kappa shape index (κ3) is 2.50. The zero-order chi connectivity index (χ0) is 16.9. The van der Waals surface area contributed by atoms with E-state index in [1.807, 2.05) is 13.8 Å². The Balaban J connectivity index is 1.76. The van der Waals surface area contributed by atoms with E-state index < -0.39 is 9.84 Å². The lowest BCUT2D eigenvalue weighted by Gasteiger charge is -2.31. The van der Waals surface area contributed by atoms with Gasteiger partial charge in [0, 0.05) is 17.1 Å². The Morgan fingerprint density at radius 3 is 2.50 bits per heavy atom. The van der Waals surface area contributed by atoms with Crippen LogP contribution in [-0.4, -0.2) is 23.9 Å². The fourth-order valence-corrected chi connectivity index (χ4v) is 6.36. The second kappa shape index (κ2) is 5.74. The Morgan fingerprint density at radius 2 is 1.83 bits per heavy atom. The Morgan fingerprint density at radius 1 is 1.08 bits per heavy atom. The van der Waals surface area contributed by atoms with Crippen molar-refractivity contribution < 1.29 is 8.42 Å². The maximum Gasteiger partial charge on any atom is 0.155 e. The van der Waals surface area contributed by atoms with Gasteiger partial charge in [0.2, 0.25) is 0 Å². The van der Waals surface area contributed by atoms with Crippen LogP contribution in [0.15, 0.2) is 41.2 Å². The quantitative estimate of drug-likeness (QED) is 0.702. The molecule has 0 amide bonds. The first-order valence-corrected chi connectivity index (χ1v) is 10.9. The molecule has 1 saturated heterocycles. The summed E-state index contributed by atoms with van der Waals surface area (Å²) in [5.74, 6) is 0.296. The molecule has 3 nitrogen and oxygen atoms in total. The second-order valence-electron chi connectivity index (χ2n) is 6.89. The van der Waals surface area contributed by atoms with E-state index in [9.17, 15) is 8.42 Å². The third-order valence-corrected chi connectivity index (χ3v) is 8.67. The summed E-state index contributed by atoms with van der Waals surface area (Å²) < 4.78 is 24.6. The molecule has 4 rings (SSSR count). The monoisotopic (exact) mass is 359 g/mol. The second-order valence-corrected chi connectivity index (χ2v) is 10.5. The predicted octanol–water partition coefficient (Wildman–Crippen LogP) is 4.97. The SMILES string of the molecule is CC1CC(c2c[nH]c3ccc(-c4ccsc4)cc23)CC(C)S1(=O)=O. The van der Waals surface area contributed by atoms with E-state index in [0.29, 0.717) is 18.8 Å². The Hall–Kier alpha value is -1.59. The van der Waals surface area contributed by atoms with Crippen molar-refractivity contribution in [2.45, 2.75) is 43.1 Å². The van der Waals surface area contributed by atoms with Gasteiger partial charge in [-0.1, -0.05) is 6.07 Å². The molecule has 1 aromatic carbocycles. The van der Waals surface area contributed by atoms with E-state index in [4.69, 9.17) is 0 Å². The summed E-state index contributed by atoms with van der Waals surface area (Å²) in [5, 5.41) is 4.94. The molecule has 2 unspecified atom stereocenters. The molecule has 2 aromatic heterocycles. The molecule has 0 bridgehead atoms. The lowest BCUT2D eigenvalue weighted by atomic mass is 9.89. The van der Waals surface area contributed by atoms with Gasteiger partial charge in [-0.2, -0.15) is 11.3 Å². The first kappa shape index (κ1) is 15.9. The molecule has 3 aromatic rings. The average Bonchev–Trinajstić information content (AvgIpc) is 3.21. The number of benzene rings is 1. The van der Waals surface area contributed by atoms with E-state index in [1.165, 1.54) is 22.1 Å². The van der Waals surface area contributed by atoms with Crippen molar-refractivity contribution in [2.24, 2.45) is 0 Å². The van der Waals surface area contributed by atoms with Gasteiger partial charge < -0.3 is 4.98 Å². The number of nitrogens with one attached hydrogen (secondary N) is 1. The Labute approximate surface area is 146 Å². The smallest absolute Gasteiger partial charge is 0.155 e. The third-order valence-electron chi connectivity index (χ3n) is 5.36. The molecule has 24 heavy (non-hydrogen) atoms. The molecule has 0 radical (unpaired) electrons. The van der Waals surface area contributed by atoms with Gasteiger partial charge in [-0.05, 0) is 78.3 Å². The summed E-state index contributed by atoms with van der Waals surface area (Å²) in [6, 6.07) is 8.64. The summed E-state index contributed by atoms with van der Waals surface area (Å²) in [7, 11) is -2.97. The highest BCUT2D eigenvalue weighted by molar-refractivity contribution is 7.92. The molecule has 2 atom stereocenters. The summed E-state index contributed by atoms with van der Waals surface area (Å²) in [6.07, 6.45) is 3.49. The number of sulfone groups is 1. The number of aromatic amines is 1. The summed E-state index contributed by atoms with van der Waals surface area (Å²) in [6.45, 7) is 3.70. The minimum absolute atomic E-state index is 0.267. The van der Waals surface area contributed by atoms with E-state index >= 15 is 0 Å². The largest absolute Gasteiger partial charge is 0.361 e. The van der Waals surface area contributed by atoms with Crippen molar-refractivity contribution in [1.82, 2.24) is 4.98 Å². The van der Waals surface area contributed by atoms with Crippen LogP contribution in [0.1, 0.15) is 38.2 Å². The molecule has 1 fully saturated rings. The van der Waals surface area contributed by atoms with E-state index in [-0.39, 0.29) is 10.5 Å². The summed E-state index contributed by atoms with van der Waals surface area (Å²) in [4.78, 5) is 3.36. The first-order chi connectivity index (χ1) is 11.5. The van der Waals surface area contributed by atoms with Crippen molar-refractivity contribution >= 4 is 32.1 Å². The number of hydrogen-bond donors (Lipinski definition) is 1.